The van der Waals surface area contributed by atoms with Crippen LogP contribution in [0.1, 0.15) is 20.7 Å². The zero-order chi connectivity index (χ0) is 18.3. The van der Waals surface area contributed by atoms with Gasteiger partial charge in [0.15, 0.2) is 0 Å². The summed E-state index contributed by atoms with van der Waals surface area (Å²) >= 11 is 1.74. The fraction of sp³-hybridized carbons (Fsp3) is 0.222. The van der Waals surface area contributed by atoms with E-state index in [4.69, 9.17) is 0 Å². The molecule has 0 saturated carbocycles. The Morgan fingerprint density at radius 3 is 1.88 bits per heavy atom. The summed E-state index contributed by atoms with van der Waals surface area (Å²) in [7, 11) is -3.55. The monoisotopic (exact) mass is 388 g/mol. The van der Waals surface area contributed by atoms with E-state index in [0.29, 0.717) is 29.9 Å². The largest absolute Gasteiger partial charge is 0.268 e. The number of nitrogens with zero attached hydrogens (tertiary/aromatic N) is 2. The van der Waals surface area contributed by atoms with Crippen molar-refractivity contribution < 1.29 is 18.0 Å². The minimum atomic E-state index is -3.55. The van der Waals surface area contributed by atoms with Gasteiger partial charge < -0.3 is 0 Å². The van der Waals surface area contributed by atoms with E-state index in [1.165, 1.54) is 28.6 Å². The van der Waals surface area contributed by atoms with Gasteiger partial charge in [0.1, 0.15) is 0 Å². The number of amides is 2. The topological polar surface area (TPSA) is 74.8 Å². The zero-order valence-electron chi connectivity index (χ0n) is 13.8. The lowest BCUT2D eigenvalue weighted by Crippen LogP contribution is -2.37. The Morgan fingerprint density at radius 2 is 1.35 bits per heavy atom. The normalized spacial score (nSPS) is 18.2. The predicted octanol–water partition coefficient (Wildman–Crippen LogP) is 2.22. The third-order valence-electron chi connectivity index (χ3n) is 4.50. The van der Waals surface area contributed by atoms with Crippen molar-refractivity contribution >= 4 is 39.3 Å². The van der Waals surface area contributed by atoms with E-state index < -0.39 is 21.8 Å². The van der Waals surface area contributed by atoms with E-state index in [-0.39, 0.29) is 4.90 Å². The highest BCUT2D eigenvalue weighted by Gasteiger charge is 2.36. The van der Waals surface area contributed by atoms with Crippen molar-refractivity contribution in [3.8, 4) is 0 Å². The Balaban J connectivity index is 1.63. The number of imide groups is 1. The maximum atomic E-state index is 12.7. The van der Waals surface area contributed by atoms with Crippen LogP contribution in [0.3, 0.4) is 0 Å². The molecule has 2 aromatic rings. The Bertz CT molecular complexity index is 946. The van der Waals surface area contributed by atoms with Gasteiger partial charge in [-0.05, 0) is 36.4 Å². The Morgan fingerprint density at radius 1 is 0.808 bits per heavy atom. The fourth-order valence-corrected chi connectivity index (χ4v) is 5.70. The van der Waals surface area contributed by atoms with Crippen LogP contribution in [0, 0.1) is 0 Å². The molecule has 0 unspecified atom stereocenters. The lowest BCUT2D eigenvalue weighted by molar-refractivity contribution is 0.0926. The number of rotatable bonds is 3. The first kappa shape index (κ1) is 17.3. The van der Waals surface area contributed by atoms with Crippen molar-refractivity contribution in [1.29, 1.82) is 0 Å². The summed E-state index contributed by atoms with van der Waals surface area (Å²) in [5.74, 6) is 0.780. The Labute approximate surface area is 155 Å². The van der Waals surface area contributed by atoms with Crippen molar-refractivity contribution in [3.63, 3.8) is 0 Å². The fourth-order valence-electron chi connectivity index (χ4n) is 3.13. The minimum absolute atomic E-state index is 0.171. The molecular formula is C18H16N2O4S2. The molecule has 0 radical (unpaired) electrons. The summed E-state index contributed by atoms with van der Waals surface area (Å²) in [5, 5.41) is 0. The van der Waals surface area contributed by atoms with Crippen molar-refractivity contribution in [2.75, 3.05) is 29.5 Å². The quantitative estimate of drug-likeness (QED) is 0.754. The van der Waals surface area contributed by atoms with Crippen molar-refractivity contribution in [1.82, 2.24) is 4.31 Å². The molecule has 1 fully saturated rings. The number of sulfonamides is 1. The number of benzene rings is 2. The molecule has 0 aromatic heterocycles. The molecule has 8 heteroatoms. The van der Waals surface area contributed by atoms with Crippen LogP contribution in [-0.4, -0.2) is 49.1 Å². The lowest BCUT2D eigenvalue weighted by atomic mass is 10.1. The molecule has 2 aliphatic heterocycles. The van der Waals surface area contributed by atoms with E-state index in [9.17, 15) is 18.0 Å². The number of carbonyl (C=O) groups is 2. The molecule has 26 heavy (non-hydrogen) atoms. The van der Waals surface area contributed by atoms with Gasteiger partial charge in [-0.3, -0.25) is 9.59 Å². The standard InChI is InChI=1S/C18H16N2O4S2/c21-17-15-3-1-2-4-16(15)18(22)20(17)13-5-7-14(8-6-13)26(23,24)19-9-11-25-12-10-19/h1-8H,9-12H2. The summed E-state index contributed by atoms with van der Waals surface area (Å²) in [4.78, 5) is 26.3. The van der Waals surface area contributed by atoms with Crippen LogP contribution in [0.5, 0.6) is 0 Å². The van der Waals surface area contributed by atoms with Gasteiger partial charge in [0, 0.05) is 24.6 Å². The van der Waals surface area contributed by atoms with Crippen LogP contribution in [0.4, 0.5) is 5.69 Å². The maximum absolute atomic E-state index is 12.7. The molecule has 0 bridgehead atoms. The second kappa shape index (κ2) is 6.53. The first-order valence-corrected chi connectivity index (χ1v) is 10.8. The molecule has 134 valence electrons. The van der Waals surface area contributed by atoms with Crippen molar-refractivity contribution in [2.45, 2.75) is 4.90 Å². The molecule has 4 rings (SSSR count). The van der Waals surface area contributed by atoms with Crippen LogP contribution < -0.4 is 4.90 Å². The van der Waals surface area contributed by atoms with Gasteiger partial charge in [0.25, 0.3) is 11.8 Å². The van der Waals surface area contributed by atoms with Gasteiger partial charge in [-0.15, -0.1) is 0 Å². The molecule has 2 aromatic carbocycles. The molecule has 2 amide bonds. The van der Waals surface area contributed by atoms with Crippen LogP contribution in [0.2, 0.25) is 0 Å². The average Bonchev–Trinajstić information content (AvgIpc) is 2.94. The molecule has 0 aliphatic carbocycles. The highest BCUT2D eigenvalue weighted by Crippen LogP contribution is 2.29. The molecule has 2 aliphatic rings. The molecule has 0 N–H and O–H groups in total. The molecular weight excluding hydrogens is 372 g/mol. The SMILES string of the molecule is O=C1c2ccccc2C(=O)N1c1ccc(S(=O)(=O)N2CCSCC2)cc1. The molecule has 0 spiro atoms. The molecule has 6 nitrogen and oxygen atoms in total. The van der Waals surface area contributed by atoms with E-state index in [2.05, 4.69) is 0 Å². The van der Waals surface area contributed by atoms with Gasteiger partial charge in [-0.25, -0.2) is 13.3 Å². The second-order valence-corrected chi connectivity index (χ2v) is 9.16. The predicted molar refractivity (Wildman–Crippen MR) is 100 cm³/mol. The van der Waals surface area contributed by atoms with Gasteiger partial charge in [0.2, 0.25) is 10.0 Å². The highest BCUT2D eigenvalue weighted by atomic mass is 32.2. The van der Waals surface area contributed by atoms with Crippen molar-refractivity contribution in [3.05, 3.63) is 59.7 Å². The van der Waals surface area contributed by atoms with Crippen LogP contribution in [0.15, 0.2) is 53.4 Å². The average molecular weight is 388 g/mol. The van der Waals surface area contributed by atoms with Gasteiger partial charge in [-0.1, -0.05) is 12.1 Å². The summed E-state index contributed by atoms with van der Waals surface area (Å²) in [6.07, 6.45) is 0. The van der Waals surface area contributed by atoms with E-state index >= 15 is 0 Å². The number of anilines is 1. The van der Waals surface area contributed by atoms with Crippen LogP contribution in [0.25, 0.3) is 0 Å². The van der Waals surface area contributed by atoms with Gasteiger partial charge >= 0.3 is 0 Å². The van der Waals surface area contributed by atoms with Crippen LogP contribution in [-0.2, 0) is 10.0 Å². The Kier molecular flexibility index (Phi) is 4.34. The molecule has 1 saturated heterocycles. The second-order valence-electron chi connectivity index (χ2n) is 6.00. The third-order valence-corrected chi connectivity index (χ3v) is 7.35. The first-order valence-electron chi connectivity index (χ1n) is 8.16. The summed E-state index contributed by atoms with van der Waals surface area (Å²) in [5.41, 5.74) is 1.09. The maximum Gasteiger partial charge on any atom is 0.266 e. The van der Waals surface area contributed by atoms with Gasteiger partial charge in [0.05, 0.1) is 21.7 Å². The number of carbonyl (C=O) groups excluding carboxylic acids is 2. The highest BCUT2D eigenvalue weighted by molar-refractivity contribution is 7.99. The van der Waals surface area contributed by atoms with E-state index in [0.717, 1.165) is 16.4 Å². The van der Waals surface area contributed by atoms with Gasteiger partial charge in [-0.2, -0.15) is 16.1 Å². The summed E-state index contributed by atoms with van der Waals surface area (Å²) in [6.45, 7) is 0.986. The summed E-state index contributed by atoms with van der Waals surface area (Å²) in [6, 6.07) is 12.6. The number of hydrogen-bond donors (Lipinski definition) is 0. The summed E-state index contributed by atoms with van der Waals surface area (Å²) < 4.78 is 26.9. The van der Waals surface area contributed by atoms with Crippen LogP contribution >= 0.6 is 11.8 Å². The smallest absolute Gasteiger partial charge is 0.266 e. The zero-order valence-corrected chi connectivity index (χ0v) is 15.4. The molecule has 2 heterocycles. The van der Waals surface area contributed by atoms with Crippen molar-refractivity contribution in [2.24, 2.45) is 0 Å². The van der Waals surface area contributed by atoms with E-state index in [1.807, 2.05) is 0 Å². The lowest BCUT2D eigenvalue weighted by Gasteiger charge is -2.25. The Hall–Kier alpha value is -2.16. The number of thioether (sulfide) groups is 1. The third kappa shape index (κ3) is 2.74. The molecule has 0 atom stereocenters. The van der Waals surface area contributed by atoms with E-state index in [1.54, 1.807) is 36.0 Å². The minimum Gasteiger partial charge on any atom is -0.268 e. The first-order chi connectivity index (χ1) is 12.5. The number of fused-ring (bicyclic) bond motifs is 1. The number of hydrogen-bond acceptors (Lipinski definition) is 5.